The number of halogens is 1. The third-order valence-electron chi connectivity index (χ3n) is 7.98. The van der Waals surface area contributed by atoms with E-state index >= 15 is 0 Å². The number of ether oxygens (including phenoxy) is 1. The van der Waals surface area contributed by atoms with Crippen LogP contribution in [0.5, 0.6) is 5.75 Å². The molecule has 3 aliphatic rings. The molecule has 2 unspecified atom stereocenters. The maximum absolute atomic E-state index is 14.6. The largest absolute Gasteiger partial charge is 0.493 e. The number of aliphatic imine (C=N–C) groups is 1. The van der Waals surface area contributed by atoms with Gasteiger partial charge in [-0.1, -0.05) is 37.9 Å². The van der Waals surface area contributed by atoms with E-state index in [1.165, 1.54) is 12.5 Å². The molecule has 37 heavy (non-hydrogen) atoms. The first kappa shape index (κ1) is 27.4. The van der Waals surface area contributed by atoms with Crippen LogP contribution in [0.25, 0.3) is 0 Å². The summed E-state index contributed by atoms with van der Waals surface area (Å²) in [7, 11) is 0. The van der Waals surface area contributed by atoms with Crippen molar-refractivity contribution in [2.45, 2.75) is 77.7 Å². The zero-order chi connectivity index (χ0) is 26.2. The molecule has 1 aromatic carbocycles. The quantitative estimate of drug-likeness (QED) is 0.251. The highest BCUT2D eigenvalue weighted by Gasteiger charge is 2.43. The van der Waals surface area contributed by atoms with Gasteiger partial charge in [0.25, 0.3) is 0 Å². The van der Waals surface area contributed by atoms with Gasteiger partial charge in [0.1, 0.15) is 11.6 Å². The van der Waals surface area contributed by atoms with Gasteiger partial charge >= 0.3 is 6.02 Å². The summed E-state index contributed by atoms with van der Waals surface area (Å²) < 4.78 is 20.4. The highest BCUT2D eigenvalue weighted by molar-refractivity contribution is 5.79. The Kier molecular flexibility index (Phi) is 9.81. The molecule has 0 aromatic heterocycles. The lowest BCUT2D eigenvalue weighted by Gasteiger charge is -2.32. The van der Waals surface area contributed by atoms with Gasteiger partial charge in [-0.3, -0.25) is 4.79 Å². The second kappa shape index (κ2) is 13.2. The molecule has 204 valence electrons. The Morgan fingerprint density at radius 2 is 1.97 bits per heavy atom. The molecule has 1 aliphatic heterocycles. The van der Waals surface area contributed by atoms with Crippen LogP contribution in [0.3, 0.4) is 0 Å². The zero-order valence-electron chi connectivity index (χ0n) is 22.5. The number of nitrogens with one attached hydrogen (secondary N) is 1. The molecule has 4 rings (SSSR count). The number of likely N-dealkylation sites (tertiary alicyclic amines) is 1. The second-order valence-electron chi connectivity index (χ2n) is 11.3. The summed E-state index contributed by atoms with van der Waals surface area (Å²) in [5.41, 5.74) is 0.420. The Morgan fingerprint density at radius 3 is 2.65 bits per heavy atom. The van der Waals surface area contributed by atoms with Crippen molar-refractivity contribution in [2.24, 2.45) is 33.8 Å². The first-order valence-electron chi connectivity index (χ1n) is 14.1. The van der Waals surface area contributed by atoms with Gasteiger partial charge < -0.3 is 19.8 Å². The van der Waals surface area contributed by atoms with Crippen molar-refractivity contribution in [3.05, 3.63) is 29.6 Å². The van der Waals surface area contributed by atoms with E-state index in [1.807, 2.05) is 0 Å². The molecule has 0 spiro atoms. The zero-order valence-corrected chi connectivity index (χ0v) is 22.5. The fourth-order valence-electron chi connectivity index (χ4n) is 5.82. The summed E-state index contributed by atoms with van der Waals surface area (Å²) in [6, 6.07) is 5.71. The predicted octanol–water partition coefficient (Wildman–Crippen LogP) is 5.19. The Morgan fingerprint density at radius 1 is 1.22 bits per heavy atom. The number of nitrogens with zero attached hydrogens (tertiary/aromatic N) is 3. The fraction of sp³-hybridized carbons (Fsp3) is 0.690. The van der Waals surface area contributed by atoms with Crippen molar-refractivity contribution in [1.29, 1.82) is 0 Å². The molecule has 0 bridgehead atoms. The Bertz CT molecular complexity index is 939. The molecular weight excluding hydrogens is 471 g/mol. The van der Waals surface area contributed by atoms with Gasteiger partial charge in [-0.25, -0.2) is 9.38 Å². The number of oxime groups is 1. The molecule has 1 N–H and O–H groups in total. The van der Waals surface area contributed by atoms with Gasteiger partial charge in [-0.2, -0.15) is 0 Å². The summed E-state index contributed by atoms with van der Waals surface area (Å²) in [6.45, 7) is 10.9. The van der Waals surface area contributed by atoms with Crippen molar-refractivity contribution >= 4 is 18.6 Å². The summed E-state index contributed by atoms with van der Waals surface area (Å²) in [5.74, 6) is 2.68. The number of benzene rings is 1. The lowest BCUT2D eigenvalue weighted by molar-refractivity contribution is -0.121. The van der Waals surface area contributed by atoms with Crippen LogP contribution >= 0.6 is 0 Å². The van der Waals surface area contributed by atoms with E-state index in [9.17, 15) is 9.18 Å². The number of carbonyl (C=O) groups is 1. The summed E-state index contributed by atoms with van der Waals surface area (Å²) in [5, 5.41) is 6.61. The van der Waals surface area contributed by atoms with E-state index in [0.717, 1.165) is 76.4 Å². The second-order valence-corrected chi connectivity index (χ2v) is 11.3. The number of amidine groups is 1. The molecule has 3 fully saturated rings. The van der Waals surface area contributed by atoms with Crippen LogP contribution in [0.2, 0.25) is 0 Å². The van der Waals surface area contributed by atoms with Crippen LogP contribution in [0.4, 0.5) is 4.39 Å². The maximum Gasteiger partial charge on any atom is 0.317 e. The van der Waals surface area contributed by atoms with Gasteiger partial charge in [-0.15, -0.1) is 0 Å². The van der Waals surface area contributed by atoms with Gasteiger partial charge in [0, 0.05) is 38.5 Å². The third kappa shape index (κ3) is 8.17. The fourth-order valence-corrected chi connectivity index (χ4v) is 5.82. The molecule has 1 aromatic rings. The van der Waals surface area contributed by atoms with Crippen molar-refractivity contribution in [3.8, 4) is 5.75 Å². The molecule has 2 saturated carbocycles. The standard InChI is InChI=1S/C29H43FN4O3/c1-20(2)19-32-29(37-31-3)34-13-10-21(11-14-34)26-16-22(26)12-15-36-25-9-8-23(27(30)18-25)17-28(35)33-24-6-4-5-7-24/h8-9,18,20-22,24,26H,3-7,10-17,19H2,1-2H3,(H,33,35)/b32-29-. The summed E-state index contributed by atoms with van der Waals surface area (Å²) in [4.78, 5) is 24.3. The molecular formula is C29H43FN4O3. The maximum atomic E-state index is 14.6. The topological polar surface area (TPSA) is 75.5 Å². The Labute approximate surface area is 220 Å². The van der Waals surface area contributed by atoms with Gasteiger partial charge in [0.05, 0.1) is 13.0 Å². The molecule has 2 aliphatic carbocycles. The molecule has 1 heterocycles. The lowest BCUT2D eigenvalue weighted by atomic mass is 9.90. The number of hydrogen-bond acceptors (Lipinski definition) is 5. The third-order valence-corrected chi connectivity index (χ3v) is 7.98. The first-order chi connectivity index (χ1) is 17.9. The van der Waals surface area contributed by atoms with Crippen LogP contribution in [0.1, 0.15) is 70.8 Å². The molecule has 0 radical (unpaired) electrons. The SMILES string of the molecule is C=NO/C(=N\CC(C)C)N1CCC(C2CC2CCOc2ccc(CC(=O)NC3CCCC3)c(F)c2)CC1. The minimum absolute atomic E-state index is 0.0759. The monoisotopic (exact) mass is 514 g/mol. The normalized spacial score (nSPS) is 22.8. The van der Waals surface area contributed by atoms with E-state index < -0.39 is 0 Å². The molecule has 8 heteroatoms. The first-order valence-corrected chi connectivity index (χ1v) is 14.1. The van der Waals surface area contributed by atoms with E-state index in [4.69, 9.17) is 9.57 Å². The van der Waals surface area contributed by atoms with E-state index in [1.54, 1.807) is 12.1 Å². The minimum Gasteiger partial charge on any atom is -0.493 e. The number of carbonyl (C=O) groups excluding carboxylic acids is 1. The van der Waals surface area contributed by atoms with E-state index in [-0.39, 0.29) is 24.2 Å². The molecule has 7 nitrogen and oxygen atoms in total. The Balaban J connectivity index is 1.15. The number of rotatable bonds is 11. The van der Waals surface area contributed by atoms with E-state index in [2.05, 4.69) is 40.9 Å². The van der Waals surface area contributed by atoms with Crippen molar-refractivity contribution in [3.63, 3.8) is 0 Å². The lowest BCUT2D eigenvalue weighted by Crippen LogP contribution is -2.40. The van der Waals surface area contributed by atoms with Crippen LogP contribution in [-0.2, 0) is 16.1 Å². The summed E-state index contributed by atoms with van der Waals surface area (Å²) >= 11 is 0. The smallest absolute Gasteiger partial charge is 0.317 e. The number of piperidine rings is 1. The predicted molar refractivity (Wildman–Crippen MR) is 144 cm³/mol. The molecule has 2 atom stereocenters. The van der Waals surface area contributed by atoms with Gasteiger partial charge in [0.15, 0.2) is 0 Å². The number of amides is 1. The number of hydrogen-bond donors (Lipinski definition) is 1. The van der Waals surface area contributed by atoms with Crippen LogP contribution in [0, 0.1) is 29.5 Å². The van der Waals surface area contributed by atoms with Gasteiger partial charge in [0.2, 0.25) is 5.91 Å². The molecule has 1 amide bonds. The van der Waals surface area contributed by atoms with Crippen molar-refractivity contribution in [1.82, 2.24) is 10.2 Å². The minimum atomic E-state index is -0.373. The summed E-state index contributed by atoms with van der Waals surface area (Å²) in [6.07, 6.45) is 8.94. The van der Waals surface area contributed by atoms with Crippen LogP contribution < -0.4 is 10.1 Å². The highest BCUT2D eigenvalue weighted by atomic mass is 19.1. The highest BCUT2D eigenvalue weighted by Crippen LogP contribution is 2.49. The van der Waals surface area contributed by atoms with E-state index in [0.29, 0.717) is 35.8 Å². The average Bonchev–Trinajstić information content (AvgIpc) is 3.47. The average molecular weight is 515 g/mol. The Hall–Kier alpha value is -2.64. The molecule has 1 saturated heterocycles. The van der Waals surface area contributed by atoms with Crippen LogP contribution in [-0.4, -0.2) is 55.8 Å². The van der Waals surface area contributed by atoms with Crippen molar-refractivity contribution < 1.29 is 18.8 Å². The van der Waals surface area contributed by atoms with Gasteiger partial charge in [-0.05, 0) is 73.8 Å². The van der Waals surface area contributed by atoms with Crippen LogP contribution in [0.15, 0.2) is 28.3 Å². The van der Waals surface area contributed by atoms with Crippen molar-refractivity contribution in [2.75, 3.05) is 26.2 Å².